The Morgan fingerprint density at radius 2 is 2.04 bits per heavy atom. The van der Waals surface area contributed by atoms with E-state index in [0.29, 0.717) is 12.0 Å². The van der Waals surface area contributed by atoms with Crippen LogP contribution in [0.1, 0.15) is 23.5 Å². The number of hydrogen-bond acceptors (Lipinski definition) is 4. The second-order valence-corrected chi connectivity index (χ2v) is 6.34. The van der Waals surface area contributed by atoms with Gasteiger partial charge in [0.15, 0.2) is 0 Å². The van der Waals surface area contributed by atoms with Crippen LogP contribution in [0.2, 0.25) is 0 Å². The third-order valence-electron chi connectivity index (χ3n) is 5.02. The summed E-state index contributed by atoms with van der Waals surface area (Å²) < 4.78 is 0. The maximum Gasteiger partial charge on any atom is 0.101 e. The van der Waals surface area contributed by atoms with Crippen molar-refractivity contribution in [3.05, 3.63) is 53.6 Å². The second kappa shape index (κ2) is 5.60. The van der Waals surface area contributed by atoms with Crippen LogP contribution in [0.25, 0.3) is 0 Å². The van der Waals surface area contributed by atoms with Gasteiger partial charge < -0.3 is 15.5 Å². The number of benzene rings is 2. The number of nitriles is 1. The molecule has 1 fully saturated rings. The third-order valence-corrected chi connectivity index (χ3v) is 5.02. The molecule has 2 aromatic carbocycles. The molecule has 0 aromatic heterocycles. The van der Waals surface area contributed by atoms with Gasteiger partial charge in [-0.15, -0.1) is 0 Å². The van der Waals surface area contributed by atoms with Gasteiger partial charge in [0.1, 0.15) is 6.07 Å². The quantitative estimate of drug-likeness (QED) is 0.894. The molecule has 0 amide bonds. The van der Waals surface area contributed by atoms with Gasteiger partial charge in [-0.05, 0) is 42.8 Å². The van der Waals surface area contributed by atoms with Crippen molar-refractivity contribution in [2.75, 3.05) is 30.4 Å². The van der Waals surface area contributed by atoms with E-state index >= 15 is 0 Å². The molecule has 116 valence electrons. The summed E-state index contributed by atoms with van der Waals surface area (Å²) in [4.78, 5) is 2.31. The number of piperidine rings is 1. The molecule has 0 saturated carbocycles. The van der Waals surface area contributed by atoms with Crippen molar-refractivity contribution < 1.29 is 0 Å². The molecule has 0 bridgehead atoms. The van der Waals surface area contributed by atoms with Crippen molar-refractivity contribution in [3.63, 3.8) is 0 Å². The van der Waals surface area contributed by atoms with Crippen LogP contribution in [0.5, 0.6) is 0 Å². The summed E-state index contributed by atoms with van der Waals surface area (Å²) in [6.45, 7) is 2.04. The first-order valence-corrected chi connectivity index (χ1v) is 8.11. The number of fused-ring (bicyclic) bond motifs is 3. The first-order valence-electron chi connectivity index (χ1n) is 8.11. The Morgan fingerprint density at radius 1 is 1.22 bits per heavy atom. The monoisotopic (exact) mass is 304 g/mol. The zero-order valence-corrected chi connectivity index (χ0v) is 13.2. The fourth-order valence-corrected chi connectivity index (χ4v) is 3.97. The van der Waals surface area contributed by atoms with Gasteiger partial charge >= 0.3 is 0 Å². The Kier molecular flexibility index (Phi) is 3.44. The Labute approximate surface area is 136 Å². The summed E-state index contributed by atoms with van der Waals surface area (Å²) >= 11 is 0. The first kappa shape index (κ1) is 14.1. The summed E-state index contributed by atoms with van der Waals surface area (Å²) in [6.07, 6.45) is 1.13. The van der Waals surface area contributed by atoms with Crippen LogP contribution >= 0.6 is 0 Å². The average molecular weight is 304 g/mol. The normalized spacial score (nSPS) is 22.2. The van der Waals surface area contributed by atoms with Gasteiger partial charge in [0.25, 0.3) is 0 Å². The van der Waals surface area contributed by atoms with Crippen molar-refractivity contribution >= 4 is 17.1 Å². The minimum atomic E-state index is 0.466. The number of anilines is 3. The Hall–Kier alpha value is -2.51. The van der Waals surface area contributed by atoms with Crippen LogP contribution in [0.4, 0.5) is 17.1 Å². The molecule has 2 aliphatic heterocycles. The SMILES string of the molecule is CN1c2c(C#N)cc(Nc3ccccc3)cc2[C@@H]2CNCC[C@@H]21. The molecular formula is C19H20N4. The highest BCUT2D eigenvalue weighted by Crippen LogP contribution is 2.45. The maximum absolute atomic E-state index is 9.62. The van der Waals surface area contributed by atoms with E-state index in [9.17, 15) is 5.26 Å². The highest BCUT2D eigenvalue weighted by Gasteiger charge is 2.39. The predicted molar refractivity (Wildman–Crippen MR) is 93.3 cm³/mol. The van der Waals surface area contributed by atoms with Crippen molar-refractivity contribution in [1.82, 2.24) is 5.32 Å². The van der Waals surface area contributed by atoms with E-state index in [0.717, 1.165) is 42.1 Å². The molecule has 2 aromatic rings. The molecule has 2 aliphatic rings. The van der Waals surface area contributed by atoms with E-state index in [2.05, 4.69) is 34.7 Å². The lowest BCUT2D eigenvalue weighted by atomic mass is 9.89. The van der Waals surface area contributed by atoms with E-state index in [-0.39, 0.29) is 0 Å². The summed E-state index contributed by atoms with van der Waals surface area (Å²) in [5, 5.41) is 16.5. The van der Waals surface area contributed by atoms with Gasteiger partial charge in [-0.2, -0.15) is 5.26 Å². The number of rotatable bonds is 2. The number of nitrogens with one attached hydrogen (secondary N) is 2. The lowest BCUT2D eigenvalue weighted by molar-refractivity contribution is 0.413. The number of nitrogens with zero attached hydrogens (tertiary/aromatic N) is 2. The molecule has 1 saturated heterocycles. The highest BCUT2D eigenvalue weighted by molar-refractivity contribution is 5.76. The lowest BCUT2D eigenvalue weighted by Gasteiger charge is -2.31. The second-order valence-electron chi connectivity index (χ2n) is 6.34. The van der Waals surface area contributed by atoms with E-state index in [1.165, 1.54) is 5.56 Å². The molecule has 0 radical (unpaired) electrons. The van der Waals surface area contributed by atoms with E-state index in [4.69, 9.17) is 0 Å². The van der Waals surface area contributed by atoms with E-state index in [1.807, 2.05) is 36.4 Å². The van der Waals surface area contributed by atoms with Gasteiger partial charge in [-0.1, -0.05) is 18.2 Å². The zero-order valence-electron chi connectivity index (χ0n) is 13.2. The molecule has 2 N–H and O–H groups in total. The van der Waals surface area contributed by atoms with Crippen molar-refractivity contribution in [2.45, 2.75) is 18.4 Å². The first-order chi connectivity index (χ1) is 11.3. The van der Waals surface area contributed by atoms with Crippen molar-refractivity contribution in [1.29, 1.82) is 5.26 Å². The van der Waals surface area contributed by atoms with Crippen LogP contribution in [0, 0.1) is 11.3 Å². The zero-order chi connectivity index (χ0) is 15.8. The summed E-state index contributed by atoms with van der Waals surface area (Å²) in [5.74, 6) is 0.466. The van der Waals surface area contributed by atoms with Gasteiger partial charge in [0.05, 0.1) is 11.3 Å². The van der Waals surface area contributed by atoms with Crippen LogP contribution in [-0.4, -0.2) is 26.2 Å². The summed E-state index contributed by atoms with van der Waals surface area (Å²) in [5.41, 5.74) is 5.21. The van der Waals surface area contributed by atoms with E-state index < -0.39 is 0 Å². The molecule has 4 heteroatoms. The molecule has 2 heterocycles. The minimum absolute atomic E-state index is 0.466. The molecule has 2 atom stereocenters. The molecular weight excluding hydrogens is 284 g/mol. The molecule has 0 spiro atoms. The third kappa shape index (κ3) is 2.34. The summed E-state index contributed by atoms with van der Waals surface area (Å²) in [6, 6.07) is 17.2. The largest absolute Gasteiger partial charge is 0.370 e. The number of para-hydroxylation sites is 1. The van der Waals surface area contributed by atoms with Gasteiger partial charge in [0.2, 0.25) is 0 Å². The fraction of sp³-hybridized carbons (Fsp3) is 0.316. The molecule has 0 unspecified atom stereocenters. The Morgan fingerprint density at radius 3 is 2.83 bits per heavy atom. The summed E-state index contributed by atoms with van der Waals surface area (Å²) in [7, 11) is 2.12. The Bertz CT molecular complexity index is 763. The number of likely N-dealkylation sites (N-methyl/N-ethyl adjacent to an activating group) is 1. The highest BCUT2D eigenvalue weighted by atomic mass is 15.2. The molecule has 0 aliphatic carbocycles. The van der Waals surface area contributed by atoms with Crippen LogP contribution in [0.15, 0.2) is 42.5 Å². The fourth-order valence-electron chi connectivity index (χ4n) is 3.97. The predicted octanol–water partition coefficient (Wildman–Crippen LogP) is 3.20. The molecule has 23 heavy (non-hydrogen) atoms. The average Bonchev–Trinajstić information content (AvgIpc) is 2.88. The van der Waals surface area contributed by atoms with Crippen molar-refractivity contribution in [3.8, 4) is 6.07 Å². The standard InChI is InChI=1S/C19H20N4/c1-23-18-7-8-21-12-17(18)16-10-15(9-13(11-20)19(16)23)22-14-5-3-2-4-6-14/h2-6,9-10,17-18,21-22H,7-8,12H2,1H3/t17-,18-/m0/s1. The minimum Gasteiger partial charge on any atom is -0.370 e. The molecule has 4 nitrogen and oxygen atoms in total. The van der Waals surface area contributed by atoms with Gasteiger partial charge in [-0.25, -0.2) is 0 Å². The van der Waals surface area contributed by atoms with E-state index in [1.54, 1.807) is 0 Å². The van der Waals surface area contributed by atoms with Crippen molar-refractivity contribution in [2.24, 2.45) is 0 Å². The smallest absolute Gasteiger partial charge is 0.101 e. The van der Waals surface area contributed by atoms with Crippen LogP contribution in [0.3, 0.4) is 0 Å². The van der Waals surface area contributed by atoms with Crippen LogP contribution in [-0.2, 0) is 0 Å². The maximum atomic E-state index is 9.62. The molecule has 4 rings (SSSR count). The van der Waals surface area contributed by atoms with Gasteiger partial charge in [0, 0.05) is 36.9 Å². The van der Waals surface area contributed by atoms with Gasteiger partial charge in [-0.3, -0.25) is 0 Å². The lowest BCUT2D eigenvalue weighted by Crippen LogP contribution is -2.42. The Balaban J connectivity index is 1.76. The topological polar surface area (TPSA) is 51.1 Å². The van der Waals surface area contributed by atoms with Crippen LogP contribution < -0.4 is 15.5 Å². The number of hydrogen-bond donors (Lipinski definition) is 2.